The summed E-state index contributed by atoms with van der Waals surface area (Å²) in [5, 5.41) is 1.12. The molecule has 31 heavy (non-hydrogen) atoms. The van der Waals surface area contributed by atoms with Gasteiger partial charge in [-0.1, -0.05) is 23.9 Å². The highest BCUT2D eigenvalue weighted by molar-refractivity contribution is 7.99. The summed E-state index contributed by atoms with van der Waals surface area (Å²) in [6.45, 7) is 8.38. The minimum atomic E-state index is -0.315. The lowest BCUT2D eigenvalue weighted by atomic mass is 10.0. The van der Waals surface area contributed by atoms with E-state index in [0.717, 1.165) is 0 Å². The Bertz CT molecular complexity index is 981. The van der Waals surface area contributed by atoms with Crippen LogP contribution in [0.3, 0.4) is 0 Å². The smallest absolute Gasteiger partial charge is 0.409 e. The second-order valence-electron chi connectivity index (χ2n) is 7.36. The highest BCUT2D eigenvalue weighted by Crippen LogP contribution is 2.28. The van der Waals surface area contributed by atoms with Crippen LogP contribution in [0.15, 0.2) is 34.2 Å². The zero-order chi connectivity index (χ0) is 22.4. The van der Waals surface area contributed by atoms with Gasteiger partial charge in [-0.25, -0.2) is 9.78 Å². The van der Waals surface area contributed by atoms with E-state index in [1.165, 1.54) is 11.8 Å². The topological polar surface area (TPSA) is 84.7 Å². The van der Waals surface area contributed by atoms with Gasteiger partial charge >= 0.3 is 6.09 Å². The molecule has 1 aromatic heterocycles. The Hall–Kier alpha value is -2.55. The molecule has 0 unspecified atom stereocenters. The highest BCUT2D eigenvalue weighted by atomic mass is 32.2. The highest BCUT2D eigenvalue weighted by Gasteiger charge is 2.28. The lowest BCUT2D eigenvalue weighted by Crippen LogP contribution is -2.41. The number of likely N-dealkylation sites (tertiary alicyclic amines) is 1. The van der Waals surface area contributed by atoms with E-state index in [0.29, 0.717) is 61.7 Å². The van der Waals surface area contributed by atoms with Crippen molar-refractivity contribution in [1.82, 2.24) is 19.4 Å². The van der Waals surface area contributed by atoms with Crippen LogP contribution in [0.2, 0.25) is 0 Å². The van der Waals surface area contributed by atoms with Gasteiger partial charge in [0.1, 0.15) is 0 Å². The van der Waals surface area contributed by atoms with Gasteiger partial charge in [0.25, 0.3) is 5.56 Å². The molecule has 0 spiro atoms. The molecule has 2 amide bonds. The maximum Gasteiger partial charge on any atom is 0.409 e. The van der Waals surface area contributed by atoms with Gasteiger partial charge in [0.05, 0.1) is 23.3 Å². The molecular formula is C22H30N4O4S. The summed E-state index contributed by atoms with van der Waals surface area (Å²) < 4.78 is 6.82. The molecular weight excluding hydrogens is 416 g/mol. The Balaban J connectivity index is 1.88. The molecule has 0 aliphatic carbocycles. The minimum Gasteiger partial charge on any atom is -0.450 e. The van der Waals surface area contributed by atoms with E-state index in [1.807, 2.05) is 32.0 Å². The van der Waals surface area contributed by atoms with Crippen LogP contribution in [0, 0.1) is 0 Å². The number of carbonyl (C=O) groups is 2. The van der Waals surface area contributed by atoms with Crippen molar-refractivity contribution in [2.75, 3.05) is 38.5 Å². The van der Waals surface area contributed by atoms with E-state index < -0.39 is 0 Å². The predicted molar refractivity (Wildman–Crippen MR) is 122 cm³/mol. The number of fused-ring (bicyclic) bond motifs is 1. The number of amides is 2. The lowest BCUT2D eigenvalue weighted by Gasteiger charge is -2.33. The number of para-hydroxylation sites is 1. The summed E-state index contributed by atoms with van der Waals surface area (Å²) in [6, 6.07) is 7.20. The first-order valence-electron chi connectivity index (χ1n) is 10.8. The number of carbonyl (C=O) groups excluding carboxylic acids is 2. The number of aromatic nitrogens is 2. The summed E-state index contributed by atoms with van der Waals surface area (Å²) in [7, 11) is 0. The number of hydrogen-bond acceptors (Lipinski definition) is 6. The summed E-state index contributed by atoms with van der Waals surface area (Å²) in [5.41, 5.74) is 0.531. The van der Waals surface area contributed by atoms with E-state index in [1.54, 1.807) is 27.4 Å². The van der Waals surface area contributed by atoms with E-state index >= 15 is 0 Å². The minimum absolute atomic E-state index is 0.0288. The molecule has 1 aliphatic heterocycles. The van der Waals surface area contributed by atoms with Crippen LogP contribution in [0.5, 0.6) is 0 Å². The average Bonchev–Trinajstić information content (AvgIpc) is 2.79. The molecule has 0 N–H and O–H groups in total. The number of hydrogen-bond donors (Lipinski definition) is 0. The lowest BCUT2D eigenvalue weighted by molar-refractivity contribution is -0.127. The number of rotatable bonds is 7. The number of nitrogens with zero attached hydrogens (tertiary/aromatic N) is 4. The molecule has 8 nitrogen and oxygen atoms in total. The third kappa shape index (κ3) is 5.20. The van der Waals surface area contributed by atoms with Gasteiger partial charge in [0.15, 0.2) is 5.16 Å². The zero-order valence-electron chi connectivity index (χ0n) is 18.4. The van der Waals surface area contributed by atoms with Crippen molar-refractivity contribution in [2.24, 2.45) is 0 Å². The van der Waals surface area contributed by atoms with Crippen molar-refractivity contribution >= 4 is 34.7 Å². The van der Waals surface area contributed by atoms with E-state index in [-0.39, 0.29) is 29.4 Å². The summed E-state index contributed by atoms with van der Waals surface area (Å²) in [6.07, 6.45) is 0.955. The molecule has 168 valence electrons. The van der Waals surface area contributed by atoms with Gasteiger partial charge in [0.2, 0.25) is 5.91 Å². The van der Waals surface area contributed by atoms with Gasteiger partial charge < -0.3 is 14.5 Å². The van der Waals surface area contributed by atoms with E-state index in [4.69, 9.17) is 9.72 Å². The van der Waals surface area contributed by atoms with Gasteiger partial charge in [-0.15, -0.1) is 0 Å². The summed E-state index contributed by atoms with van der Waals surface area (Å²) in [4.78, 5) is 46.1. The van der Waals surface area contributed by atoms with Crippen molar-refractivity contribution in [3.8, 4) is 0 Å². The van der Waals surface area contributed by atoms with Crippen LogP contribution in [-0.4, -0.2) is 69.9 Å². The van der Waals surface area contributed by atoms with Crippen LogP contribution in [0.25, 0.3) is 10.9 Å². The van der Waals surface area contributed by atoms with Gasteiger partial charge in [-0.2, -0.15) is 0 Å². The number of benzene rings is 1. The number of ether oxygens (including phenoxy) is 1. The van der Waals surface area contributed by atoms with Crippen molar-refractivity contribution in [3.63, 3.8) is 0 Å². The SMILES string of the molecule is CCOC(=O)N1CCC(n2c(SCC(=O)N(CC)CC)nc3ccccc3c2=O)CC1. The number of piperidine rings is 1. The largest absolute Gasteiger partial charge is 0.450 e. The number of thioether (sulfide) groups is 1. The Labute approximate surface area is 186 Å². The fourth-order valence-electron chi connectivity index (χ4n) is 3.86. The van der Waals surface area contributed by atoms with Crippen molar-refractivity contribution in [1.29, 1.82) is 0 Å². The first kappa shape index (κ1) is 23.1. The Morgan fingerprint density at radius 2 is 1.84 bits per heavy atom. The Morgan fingerprint density at radius 3 is 2.48 bits per heavy atom. The summed E-state index contributed by atoms with van der Waals surface area (Å²) in [5.74, 6) is 0.259. The predicted octanol–water partition coefficient (Wildman–Crippen LogP) is 3.15. The van der Waals surface area contributed by atoms with Crippen molar-refractivity contribution in [2.45, 2.75) is 44.8 Å². The zero-order valence-corrected chi connectivity index (χ0v) is 19.2. The fraction of sp³-hybridized carbons (Fsp3) is 0.545. The molecule has 9 heteroatoms. The Kier molecular flexibility index (Phi) is 7.95. The normalized spacial score (nSPS) is 14.6. The quantitative estimate of drug-likeness (QED) is 0.480. The van der Waals surface area contributed by atoms with Crippen molar-refractivity contribution in [3.05, 3.63) is 34.6 Å². The average molecular weight is 447 g/mol. The molecule has 0 radical (unpaired) electrons. The second kappa shape index (κ2) is 10.7. The third-order valence-electron chi connectivity index (χ3n) is 5.57. The molecule has 2 heterocycles. The van der Waals surface area contributed by atoms with E-state index in [2.05, 4.69) is 0 Å². The maximum absolute atomic E-state index is 13.4. The standard InChI is InChI=1S/C22H30N4O4S/c1-4-24(5-2)19(27)15-31-21-23-18-10-8-7-9-17(18)20(28)26(21)16-11-13-25(14-12-16)22(29)30-6-3/h7-10,16H,4-6,11-15H2,1-3H3. The summed E-state index contributed by atoms with van der Waals surface area (Å²) >= 11 is 1.31. The molecule has 1 saturated heterocycles. The molecule has 1 fully saturated rings. The fourth-order valence-corrected chi connectivity index (χ4v) is 4.83. The van der Waals surface area contributed by atoms with Crippen molar-refractivity contribution < 1.29 is 14.3 Å². The molecule has 3 rings (SSSR count). The molecule has 1 aromatic carbocycles. The monoisotopic (exact) mass is 446 g/mol. The first-order valence-corrected chi connectivity index (χ1v) is 11.8. The van der Waals surface area contributed by atoms with Gasteiger partial charge in [-0.05, 0) is 45.7 Å². The van der Waals surface area contributed by atoms with Crippen LogP contribution in [-0.2, 0) is 9.53 Å². The molecule has 2 aromatic rings. The van der Waals surface area contributed by atoms with Crippen LogP contribution >= 0.6 is 11.8 Å². The second-order valence-corrected chi connectivity index (χ2v) is 8.30. The third-order valence-corrected chi connectivity index (χ3v) is 6.51. The van der Waals surface area contributed by atoms with Crippen LogP contribution < -0.4 is 5.56 Å². The van der Waals surface area contributed by atoms with Gasteiger partial charge in [0, 0.05) is 32.2 Å². The van der Waals surface area contributed by atoms with E-state index in [9.17, 15) is 14.4 Å². The van der Waals surface area contributed by atoms with Gasteiger partial charge in [-0.3, -0.25) is 14.2 Å². The molecule has 0 saturated carbocycles. The first-order chi connectivity index (χ1) is 15.0. The molecule has 0 atom stereocenters. The molecule has 0 bridgehead atoms. The Morgan fingerprint density at radius 1 is 1.16 bits per heavy atom. The van der Waals surface area contributed by atoms with Crippen LogP contribution in [0.4, 0.5) is 4.79 Å². The van der Waals surface area contributed by atoms with Crippen LogP contribution in [0.1, 0.15) is 39.7 Å². The maximum atomic E-state index is 13.4. The molecule has 1 aliphatic rings.